The lowest BCUT2D eigenvalue weighted by Crippen LogP contribution is -2.31. The first-order valence-electron chi connectivity index (χ1n) is 7.74. The fourth-order valence-corrected chi connectivity index (χ4v) is 2.35. The van der Waals surface area contributed by atoms with Gasteiger partial charge < -0.3 is 10.1 Å². The van der Waals surface area contributed by atoms with Crippen LogP contribution in [-0.4, -0.2) is 12.5 Å². The van der Waals surface area contributed by atoms with Gasteiger partial charge in [-0.15, -0.1) is 0 Å². The van der Waals surface area contributed by atoms with Gasteiger partial charge in [-0.05, 0) is 42.2 Å². The molecule has 2 aromatic rings. The number of rotatable bonds is 6. The van der Waals surface area contributed by atoms with Crippen LogP contribution >= 0.6 is 0 Å². The third kappa shape index (κ3) is 4.81. The molecule has 3 nitrogen and oxygen atoms in total. The van der Waals surface area contributed by atoms with Crippen LogP contribution in [0.1, 0.15) is 43.9 Å². The Morgan fingerprint density at radius 3 is 2.39 bits per heavy atom. The van der Waals surface area contributed by atoms with E-state index in [1.165, 1.54) is 12.1 Å². The molecular formula is C19H22FNO2. The van der Waals surface area contributed by atoms with Gasteiger partial charge in [0, 0.05) is 0 Å². The molecule has 0 bridgehead atoms. The summed E-state index contributed by atoms with van der Waals surface area (Å²) in [5.74, 6) is 0.556. The predicted octanol–water partition coefficient (Wildman–Crippen LogP) is 4.21. The average molecular weight is 315 g/mol. The molecule has 1 atom stereocenters. The quantitative estimate of drug-likeness (QED) is 0.867. The molecule has 0 fully saturated rings. The Bertz CT molecular complexity index is 653. The highest BCUT2D eigenvalue weighted by Crippen LogP contribution is 2.25. The van der Waals surface area contributed by atoms with Crippen molar-refractivity contribution in [3.05, 3.63) is 65.5 Å². The highest BCUT2D eigenvalue weighted by Gasteiger charge is 2.12. The third-order valence-electron chi connectivity index (χ3n) is 3.65. The summed E-state index contributed by atoms with van der Waals surface area (Å²) in [6.45, 7) is 5.97. The monoisotopic (exact) mass is 315 g/mol. The van der Waals surface area contributed by atoms with Crippen molar-refractivity contribution in [2.24, 2.45) is 0 Å². The number of hydrogen-bond acceptors (Lipinski definition) is 2. The van der Waals surface area contributed by atoms with Gasteiger partial charge in [0.2, 0.25) is 0 Å². The number of carbonyl (C=O) groups is 1. The molecule has 0 radical (unpaired) electrons. The molecule has 0 saturated carbocycles. The van der Waals surface area contributed by atoms with Crippen LogP contribution < -0.4 is 10.1 Å². The Morgan fingerprint density at radius 2 is 1.74 bits per heavy atom. The summed E-state index contributed by atoms with van der Waals surface area (Å²) in [6, 6.07) is 13.6. The van der Waals surface area contributed by atoms with Crippen molar-refractivity contribution >= 4 is 5.91 Å². The molecule has 1 N–H and O–H groups in total. The van der Waals surface area contributed by atoms with Crippen molar-refractivity contribution in [3.8, 4) is 5.75 Å². The Balaban J connectivity index is 1.91. The van der Waals surface area contributed by atoms with Gasteiger partial charge in [-0.3, -0.25) is 4.79 Å². The lowest BCUT2D eigenvalue weighted by atomic mass is 10.0. The minimum Gasteiger partial charge on any atom is -0.483 e. The zero-order valence-corrected chi connectivity index (χ0v) is 13.7. The average Bonchev–Trinajstić information content (AvgIpc) is 2.53. The lowest BCUT2D eigenvalue weighted by molar-refractivity contribution is -0.123. The van der Waals surface area contributed by atoms with Gasteiger partial charge in [0.1, 0.15) is 11.6 Å². The standard InChI is InChI=1S/C19H22FNO2/c1-13(2)17-6-4-5-7-18(17)23-12-19(22)21-14(3)15-8-10-16(20)11-9-15/h4-11,13-14H,12H2,1-3H3,(H,21,22). The van der Waals surface area contributed by atoms with Gasteiger partial charge in [0.05, 0.1) is 6.04 Å². The molecule has 23 heavy (non-hydrogen) atoms. The van der Waals surface area contributed by atoms with Crippen molar-refractivity contribution in [2.75, 3.05) is 6.61 Å². The maximum absolute atomic E-state index is 12.9. The van der Waals surface area contributed by atoms with E-state index < -0.39 is 0 Å². The lowest BCUT2D eigenvalue weighted by Gasteiger charge is -2.16. The minimum atomic E-state index is -0.291. The maximum Gasteiger partial charge on any atom is 0.258 e. The van der Waals surface area contributed by atoms with Gasteiger partial charge >= 0.3 is 0 Å². The number of carbonyl (C=O) groups excluding carboxylic acids is 1. The van der Waals surface area contributed by atoms with Crippen molar-refractivity contribution in [2.45, 2.75) is 32.7 Å². The van der Waals surface area contributed by atoms with Crippen LogP contribution in [0.2, 0.25) is 0 Å². The van der Waals surface area contributed by atoms with E-state index in [-0.39, 0.29) is 24.4 Å². The van der Waals surface area contributed by atoms with Crippen molar-refractivity contribution in [1.82, 2.24) is 5.32 Å². The molecule has 0 aromatic heterocycles. The normalized spacial score (nSPS) is 12.0. The van der Waals surface area contributed by atoms with E-state index in [4.69, 9.17) is 4.74 Å². The van der Waals surface area contributed by atoms with E-state index in [1.807, 2.05) is 31.2 Å². The Hall–Kier alpha value is -2.36. The fourth-order valence-electron chi connectivity index (χ4n) is 2.35. The topological polar surface area (TPSA) is 38.3 Å². The summed E-state index contributed by atoms with van der Waals surface area (Å²) in [4.78, 5) is 12.0. The number of para-hydroxylation sites is 1. The molecule has 1 unspecified atom stereocenters. The van der Waals surface area contributed by atoms with Crippen LogP contribution in [0.4, 0.5) is 4.39 Å². The Morgan fingerprint density at radius 1 is 1.09 bits per heavy atom. The van der Waals surface area contributed by atoms with Crippen molar-refractivity contribution < 1.29 is 13.9 Å². The molecular weight excluding hydrogens is 293 g/mol. The zero-order valence-electron chi connectivity index (χ0n) is 13.7. The van der Waals surface area contributed by atoms with Gasteiger partial charge in [-0.1, -0.05) is 44.2 Å². The minimum absolute atomic E-state index is 0.0464. The highest BCUT2D eigenvalue weighted by atomic mass is 19.1. The molecule has 0 spiro atoms. The van der Waals surface area contributed by atoms with Gasteiger partial charge in [-0.25, -0.2) is 4.39 Å². The SMILES string of the molecule is CC(C)c1ccccc1OCC(=O)NC(C)c1ccc(F)cc1. The number of nitrogens with one attached hydrogen (secondary N) is 1. The van der Waals surface area contributed by atoms with E-state index in [0.717, 1.165) is 16.9 Å². The largest absolute Gasteiger partial charge is 0.483 e. The van der Waals surface area contributed by atoms with Crippen LogP contribution in [0.15, 0.2) is 48.5 Å². The van der Waals surface area contributed by atoms with E-state index in [2.05, 4.69) is 19.2 Å². The highest BCUT2D eigenvalue weighted by molar-refractivity contribution is 5.78. The van der Waals surface area contributed by atoms with E-state index in [0.29, 0.717) is 5.92 Å². The second kappa shape index (κ2) is 7.77. The van der Waals surface area contributed by atoms with Crippen LogP contribution in [-0.2, 0) is 4.79 Å². The second-order valence-electron chi connectivity index (χ2n) is 5.82. The molecule has 0 aliphatic rings. The van der Waals surface area contributed by atoms with Crippen LogP contribution in [0.25, 0.3) is 0 Å². The smallest absolute Gasteiger partial charge is 0.258 e. The predicted molar refractivity (Wildman–Crippen MR) is 89.0 cm³/mol. The molecule has 2 aromatic carbocycles. The first-order valence-corrected chi connectivity index (χ1v) is 7.74. The van der Waals surface area contributed by atoms with Gasteiger partial charge in [0.15, 0.2) is 6.61 Å². The molecule has 0 heterocycles. The van der Waals surface area contributed by atoms with E-state index in [9.17, 15) is 9.18 Å². The molecule has 4 heteroatoms. The summed E-state index contributed by atoms with van der Waals surface area (Å²) in [5, 5.41) is 2.85. The summed E-state index contributed by atoms with van der Waals surface area (Å²) >= 11 is 0. The molecule has 0 saturated heterocycles. The van der Waals surface area contributed by atoms with E-state index >= 15 is 0 Å². The molecule has 0 aliphatic heterocycles. The number of amides is 1. The van der Waals surface area contributed by atoms with E-state index in [1.54, 1.807) is 12.1 Å². The van der Waals surface area contributed by atoms with Crippen molar-refractivity contribution in [3.63, 3.8) is 0 Å². The second-order valence-corrected chi connectivity index (χ2v) is 5.82. The molecule has 1 amide bonds. The molecule has 2 rings (SSSR count). The molecule has 0 aliphatic carbocycles. The maximum atomic E-state index is 12.9. The zero-order chi connectivity index (χ0) is 16.8. The van der Waals surface area contributed by atoms with Crippen LogP contribution in [0, 0.1) is 5.82 Å². The first-order chi connectivity index (χ1) is 11.0. The number of benzene rings is 2. The van der Waals surface area contributed by atoms with Crippen LogP contribution in [0.5, 0.6) is 5.75 Å². The summed E-state index contributed by atoms with van der Waals surface area (Å²) < 4.78 is 18.6. The third-order valence-corrected chi connectivity index (χ3v) is 3.65. The number of hydrogen-bond donors (Lipinski definition) is 1. The van der Waals surface area contributed by atoms with Crippen molar-refractivity contribution in [1.29, 1.82) is 0 Å². The van der Waals surface area contributed by atoms with Gasteiger partial charge in [0.25, 0.3) is 5.91 Å². The number of halogens is 1. The molecule has 122 valence electrons. The Labute approximate surface area is 136 Å². The summed E-state index contributed by atoms with van der Waals surface area (Å²) in [6.07, 6.45) is 0. The fraction of sp³-hybridized carbons (Fsp3) is 0.316. The first kappa shape index (κ1) is 17.0. The van der Waals surface area contributed by atoms with Gasteiger partial charge in [-0.2, -0.15) is 0 Å². The number of ether oxygens (including phenoxy) is 1. The summed E-state index contributed by atoms with van der Waals surface area (Å²) in [5.41, 5.74) is 1.93. The Kier molecular flexibility index (Phi) is 5.74. The summed E-state index contributed by atoms with van der Waals surface area (Å²) in [7, 11) is 0. The van der Waals surface area contributed by atoms with Crippen LogP contribution in [0.3, 0.4) is 0 Å².